The lowest BCUT2D eigenvalue weighted by atomic mass is 10.1. The van der Waals surface area contributed by atoms with E-state index in [4.69, 9.17) is 4.74 Å². The Labute approximate surface area is 172 Å². The summed E-state index contributed by atoms with van der Waals surface area (Å²) in [5, 5.41) is 9.23. The number of fused-ring (bicyclic) bond motifs is 1. The summed E-state index contributed by atoms with van der Waals surface area (Å²) in [4.78, 5) is 4.35. The van der Waals surface area contributed by atoms with Gasteiger partial charge in [0.25, 0.3) is 10.0 Å². The fourth-order valence-corrected chi connectivity index (χ4v) is 4.42. The number of pyridine rings is 1. The van der Waals surface area contributed by atoms with E-state index in [-0.39, 0.29) is 4.90 Å². The number of rotatable bonds is 5. The average Bonchev–Trinajstić information content (AvgIpc) is 3.50. The Hall–Kier alpha value is -3.50. The van der Waals surface area contributed by atoms with E-state index in [0.717, 1.165) is 16.5 Å². The molecular formula is C20H18N6O3S. The van der Waals surface area contributed by atoms with Crippen molar-refractivity contribution in [2.75, 3.05) is 17.9 Å². The van der Waals surface area contributed by atoms with Crippen LogP contribution in [0.25, 0.3) is 22.3 Å². The molecule has 0 radical (unpaired) electrons. The van der Waals surface area contributed by atoms with Crippen molar-refractivity contribution < 1.29 is 13.2 Å². The standard InChI is InChI=1S/C20H18N6O3S/c1-25-20-15(10-22-25)3-2-4-18(20)24-30(27,28)17-11-23-26(12-17)19-9-14(5-7-21-19)16-6-8-29-13-16/h2-7,9-12,24H,8,13H2,1H3. The van der Waals surface area contributed by atoms with Crippen LogP contribution in [0.15, 0.2) is 66.1 Å². The van der Waals surface area contributed by atoms with Gasteiger partial charge in [0.2, 0.25) is 0 Å². The number of aryl methyl sites for hydroxylation is 1. The van der Waals surface area contributed by atoms with Crippen molar-refractivity contribution in [2.24, 2.45) is 7.05 Å². The number of para-hydroxylation sites is 1. The number of hydrogen-bond donors (Lipinski definition) is 1. The van der Waals surface area contributed by atoms with Crippen LogP contribution in [0.4, 0.5) is 5.69 Å². The molecule has 3 aromatic heterocycles. The van der Waals surface area contributed by atoms with Crippen molar-refractivity contribution in [1.82, 2.24) is 24.5 Å². The van der Waals surface area contributed by atoms with E-state index in [1.54, 1.807) is 36.3 Å². The number of nitrogens with zero attached hydrogens (tertiary/aromatic N) is 5. The normalized spacial score (nSPS) is 14.2. The maximum absolute atomic E-state index is 13.0. The highest BCUT2D eigenvalue weighted by Crippen LogP contribution is 2.26. The molecule has 0 atom stereocenters. The van der Waals surface area contributed by atoms with Gasteiger partial charge in [-0.25, -0.2) is 18.1 Å². The molecule has 152 valence electrons. The SMILES string of the molecule is Cn1ncc2cccc(NS(=O)(=O)c3cnn(-c4cc(C5=CCOC5)ccn4)c3)c21. The Morgan fingerprint density at radius 1 is 1.17 bits per heavy atom. The first kappa shape index (κ1) is 18.5. The fraction of sp³-hybridized carbons (Fsp3) is 0.150. The molecule has 10 heteroatoms. The number of benzene rings is 1. The Balaban J connectivity index is 1.46. The van der Waals surface area contributed by atoms with E-state index in [9.17, 15) is 8.42 Å². The molecule has 0 saturated heterocycles. The Kier molecular flexibility index (Phi) is 4.37. The van der Waals surface area contributed by atoms with Gasteiger partial charge >= 0.3 is 0 Å². The molecule has 30 heavy (non-hydrogen) atoms. The van der Waals surface area contributed by atoms with E-state index in [1.807, 2.05) is 24.3 Å². The van der Waals surface area contributed by atoms with Gasteiger partial charge in [0, 0.05) is 18.6 Å². The zero-order chi connectivity index (χ0) is 20.7. The van der Waals surface area contributed by atoms with Gasteiger partial charge in [0.15, 0.2) is 5.82 Å². The molecule has 0 bridgehead atoms. The van der Waals surface area contributed by atoms with E-state index >= 15 is 0 Å². The molecule has 0 unspecified atom stereocenters. The summed E-state index contributed by atoms with van der Waals surface area (Å²) < 4.78 is 37.0. The molecule has 0 aliphatic carbocycles. The number of aromatic nitrogens is 5. The monoisotopic (exact) mass is 422 g/mol. The number of hydrogen-bond acceptors (Lipinski definition) is 6. The van der Waals surface area contributed by atoms with Crippen LogP contribution in [0.1, 0.15) is 5.56 Å². The number of sulfonamides is 1. The quantitative estimate of drug-likeness (QED) is 0.530. The van der Waals surface area contributed by atoms with Gasteiger partial charge in [-0.2, -0.15) is 10.2 Å². The summed E-state index contributed by atoms with van der Waals surface area (Å²) in [5.74, 6) is 0.524. The minimum absolute atomic E-state index is 0.0392. The largest absolute Gasteiger partial charge is 0.373 e. The van der Waals surface area contributed by atoms with Crippen molar-refractivity contribution in [3.8, 4) is 5.82 Å². The number of nitrogens with one attached hydrogen (secondary N) is 1. The first-order chi connectivity index (χ1) is 14.5. The van der Waals surface area contributed by atoms with Crippen molar-refractivity contribution >= 4 is 32.2 Å². The summed E-state index contributed by atoms with van der Waals surface area (Å²) in [6, 6.07) is 9.10. The summed E-state index contributed by atoms with van der Waals surface area (Å²) in [7, 11) is -2.08. The molecule has 4 aromatic rings. The molecule has 0 fully saturated rings. The highest BCUT2D eigenvalue weighted by Gasteiger charge is 2.20. The van der Waals surface area contributed by atoms with E-state index < -0.39 is 10.0 Å². The van der Waals surface area contributed by atoms with Crippen molar-refractivity contribution in [3.63, 3.8) is 0 Å². The van der Waals surface area contributed by atoms with Crippen LogP contribution in [0.3, 0.4) is 0 Å². The second kappa shape index (κ2) is 7.08. The second-order valence-electron chi connectivity index (χ2n) is 6.88. The summed E-state index contributed by atoms with van der Waals surface area (Å²) in [6.45, 7) is 1.14. The molecule has 9 nitrogen and oxygen atoms in total. The van der Waals surface area contributed by atoms with Crippen LogP contribution < -0.4 is 4.72 Å². The molecule has 0 saturated carbocycles. The smallest absolute Gasteiger partial charge is 0.265 e. The maximum atomic E-state index is 13.0. The summed E-state index contributed by atoms with van der Waals surface area (Å²) in [5.41, 5.74) is 3.20. The molecule has 4 heterocycles. The lowest BCUT2D eigenvalue weighted by molar-refractivity contribution is 0.216. The van der Waals surface area contributed by atoms with Crippen molar-refractivity contribution in [2.45, 2.75) is 4.90 Å². The van der Waals surface area contributed by atoms with Crippen LogP contribution in [0.2, 0.25) is 0 Å². The Bertz CT molecular complexity index is 1390. The first-order valence-corrected chi connectivity index (χ1v) is 10.7. The molecule has 1 aliphatic rings. The average molecular weight is 422 g/mol. The lowest BCUT2D eigenvalue weighted by Gasteiger charge is -2.08. The zero-order valence-electron chi connectivity index (χ0n) is 16.1. The third kappa shape index (κ3) is 3.25. The Morgan fingerprint density at radius 2 is 2.07 bits per heavy atom. The predicted octanol–water partition coefficient (Wildman–Crippen LogP) is 2.37. The summed E-state index contributed by atoms with van der Waals surface area (Å²) in [6.07, 6.45) is 8.12. The predicted molar refractivity (Wildman–Crippen MR) is 112 cm³/mol. The molecule has 1 aromatic carbocycles. The van der Waals surface area contributed by atoms with Gasteiger partial charge in [-0.3, -0.25) is 9.40 Å². The number of ether oxygens (including phenoxy) is 1. The van der Waals surface area contributed by atoms with Crippen LogP contribution >= 0.6 is 0 Å². The zero-order valence-corrected chi connectivity index (χ0v) is 16.9. The summed E-state index contributed by atoms with van der Waals surface area (Å²) >= 11 is 0. The number of anilines is 1. The van der Waals surface area contributed by atoms with Gasteiger partial charge in [0.05, 0.1) is 43.0 Å². The van der Waals surface area contributed by atoms with Crippen LogP contribution in [-0.4, -0.2) is 46.2 Å². The Morgan fingerprint density at radius 3 is 2.90 bits per heavy atom. The van der Waals surface area contributed by atoms with Gasteiger partial charge in [-0.05, 0) is 29.3 Å². The van der Waals surface area contributed by atoms with Crippen LogP contribution in [0.5, 0.6) is 0 Å². The molecule has 1 aliphatic heterocycles. The van der Waals surface area contributed by atoms with Gasteiger partial charge in [-0.1, -0.05) is 18.2 Å². The molecule has 0 amide bonds. The minimum atomic E-state index is -3.85. The van der Waals surface area contributed by atoms with Gasteiger partial charge in [0.1, 0.15) is 4.90 Å². The van der Waals surface area contributed by atoms with Crippen LogP contribution in [-0.2, 0) is 21.8 Å². The van der Waals surface area contributed by atoms with Crippen molar-refractivity contribution in [1.29, 1.82) is 0 Å². The molecule has 1 N–H and O–H groups in total. The maximum Gasteiger partial charge on any atom is 0.265 e. The second-order valence-corrected chi connectivity index (χ2v) is 8.57. The topological polar surface area (TPSA) is 104 Å². The molecule has 5 rings (SSSR count). The third-order valence-corrected chi connectivity index (χ3v) is 6.25. The lowest BCUT2D eigenvalue weighted by Crippen LogP contribution is -2.13. The highest BCUT2D eigenvalue weighted by atomic mass is 32.2. The van der Waals surface area contributed by atoms with Crippen LogP contribution in [0, 0.1) is 0 Å². The van der Waals surface area contributed by atoms with Crippen molar-refractivity contribution in [3.05, 3.63) is 66.8 Å². The van der Waals surface area contributed by atoms with E-state index in [1.165, 1.54) is 17.1 Å². The van der Waals surface area contributed by atoms with E-state index in [0.29, 0.717) is 30.2 Å². The van der Waals surface area contributed by atoms with Gasteiger partial charge in [-0.15, -0.1) is 0 Å². The molecular weight excluding hydrogens is 404 g/mol. The first-order valence-electron chi connectivity index (χ1n) is 9.23. The molecule has 0 spiro atoms. The fourth-order valence-electron chi connectivity index (χ4n) is 3.42. The highest BCUT2D eigenvalue weighted by molar-refractivity contribution is 7.92. The third-order valence-electron chi connectivity index (χ3n) is 4.93. The van der Waals surface area contributed by atoms with E-state index in [2.05, 4.69) is 19.9 Å². The van der Waals surface area contributed by atoms with Gasteiger partial charge < -0.3 is 4.74 Å². The minimum Gasteiger partial charge on any atom is -0.373 e.